The van der Waals surface area contributed by atoms with Crippen LogP contribution in [0.3, 0.4) is 0 Å². The monoisotopic (exact) mass is 218 g/mol. The maximum Gasteiger partial charge on any atom is 0.492 e. The molecule has 0 aliphatic heterocycles. The quantitative estimate of drug-likeness (QED) is 0.631. The average Bonchev–Trinajstić information content (AvgIpc) is 2.29. The molecule has 0 aromatic heterocycles. The number of benzene rings is 2. The van der Waals surface area contributed by atoms with E-state index < -0.39 is 7.12 Å². The minimum Gasteiger partial charge on any atom is -0.507 e. The van der Waals surface area contributed by atoms with E-state index in [2.05, 4.69) is 0 Å². The molecule has 0 spiro atoms. The van der Waals surface area contributed by atoms with E-state index in [1.54, 1.807) is 24.3 Å². The van der Waals surface area contributed by atoms with Crippen molar-refractivity contribution in [2.75, 3.05) is 7.11 Å². The van der Waals surface area contributed by atoms with Crippen molar-refractivity contribution in [1.82, 2.24) is 0 Å². The van der Waals surface area contributed by atoms with Gasteiger partial charge < -0.3 is 19.9 Å². The summed E-state index contributed by atoms with van der Waals surface area (Å²) >= 11 is 0. The van der Waals surface area contributed by atoms with E-state index in [-0.39, 0.29) is 11.2 Å². The van der Waals surface area contributed by atoms with Crippen molar-refractivity contribution >= 4 is 23.4 Å². The van der Waals surface area contributed by atoms with Crippen molar-refractivity contribution < 1.29 is 19.9 Å². The highest BCUT2D eigenvalue weighted by Gasteiger charge is 2.21. The Morgan fingerprint density at radius 1 is 1.12 bits per heavy atom. The van der Waals surface area contributed by atoms with Gasteiger partial charge in [-0.2, -0.15) is 0 Å². The molecular weight excluding hydrogens is 207 g/mol. The standard InChI is InChI=1S/C11H11BO4/c1-16-11-8-5-3-2-4-7(8)10(13)6-9(11)12(14)15/h2-6,13-15H,1H3. The number of rotatable bonds is 2. The van der Waals surface area contributed by atoms with Crippen LogP contribution in [0.25, 0.3) is 10.8 Å². The van der Waals surface area contributed by atoms with E-state index in [1.165, 1.54) is 13.2 Å². The summed E-state index contributed by atoms with van der Waals surface area (Å²) in [4.78, 5) is 0. The lowest BCUT2D eigenvalue weighted by Gasteiger charge is -2.12. The van der Waals surface area contributed by atoms with Gasteiger partial charge in [-0.3, -0.25) is 0 Å². The highest BCUT2D eigenvalue weighted by atomic mass is 16.5. The Morgan fingerprint density at radius 2 is 1.75 bits per heavy atom. The van der Waals surface area contributed by atoms with Gasteiger partial charge in [0.15, 0.2) is 0 Å². The molecule has 2 aromatic carbocycles. The van der Waals surface area contributed by atoms with Crippen LogP contribution in [0.15, 0.2) is 30.3 Å². The molecule has 0 heterocycles. The lowest BCUT2D eigenvalue weighted by atomic mass is 9.78. The first-order valence-electron chi connectivity index (χ1n) is 4.80. The molecule has 82 valence electrons. The zero-order chi connectivity index (χ0) is 11.7. The van der Waals surface area contributed by atoms with Gasteiger partial charge in [0.25, 0.3) is 0 Å². The number of methoxy groups -OCH3 is 1. The summed E-state index contributed by atoms with van der Waals surface area (Å²) in [6.07, 6.45) is 0. The number of phenolic OH excluding ortho intramolecular Hbond substituents is 1. The number of aromatic hydroxyl groups is 1. The molecule has 0 fully saturated rings. The molecule has 2 rings (SSSR count). The van der Waals surface area contributed by atoms with Gasteiger partial charge in [-0.15, -0.1) is 0 Å². The zero-order valence-corrected chi connectivity index (χ0v) is 8.71. The second-order valence-electron chi connectivity index (χ2n) is 3.44. The fourth-order valence-electron chi connectivity index (χ4n) is 1.77. The summed E-state index contributed by atoms with van der Waals surface area (Å²) in [6.45, 7) is 0. The summed E-state index contributed by atoms with van der Waals surface area (Å²) in [5.74, 6) is 0.364. The number of hydrogen-bond donors (Lipinski definition) is 3. The van der Waals surface area contributed by atoms with Crippen LogP contribution < -0.4 is 10.2 Å². The third-order valence-corrected chi connectivity index (χ3v) is 2.48. The van der Waals surface area contributed by atoms with Gasteiger partial charge in [-0.05, 0) is 6.07 Å². The predicted molar refractivity (Wildman–Crippen MR) is 62.0 cm³/mol. The van der Waals surface area contributed by atoms with Crippen molar-refractivity contribution in [2.24, 2.45) is 0 Å². The molecule has 5 heteroatoms. The minimum absolute atomic E-state index is 0.000463. The van der Waals surface area contributed by atoms with Crippen LogP contribution in [0.1, 0.15) is 0 Å². The van der Waals surface area contributed by atoms with Crippen LogP contribution in [0.2, 0.25) is 0 Å². The van der Waals surface area contributed by atoms with E-state index in [1.807, 2.05) is 0 Å². The predicted octanol–water partition coefficient (Wildman–Crippen LogP) is 0.234. The van der Waals surface area contributed by atoms with Crippen molar-refractivity contribution in [3.05, 3.63) is 30.3 Å². The smallest absolute Gasteiger partial charge is 0.492 e. The van der Waals surface area contributed by atoms with E-state index >= 15 is 0 Å². The summed E-state index contributed by atoms with van der Waals surface area (Å²) in [5.41, 5.74) is 0.152. The van der Waals surface area contributed by atoms with E-state index in [0.717, 1.165) is 0 Å². The molecule has 0 atom stereocenters. The van der Waals surface area contributed by atoms with E-state index in [4.69, 9.17) is 4.74 Å². The topological polar surface area (TPSA) is 69.9 Å². The first-order chi connectivity index (χ1) is 7.65. The largest absolute Gasteiger partial charge is 0.507 e. The van der Waals surface area contributed by atoms with Crippen molar-refractivity contribution in [1.29, 1.82) is 0 Å². The molecule has 0 aliphatic rings. The van der Waals surface area contributed by atoms with Crippen molar-refractivity contribution in [3.63, 3.8) is 0 Å². The SMILES string of the molecule is COc1c(B(O)O)cc(O)c2ccccc12. The zero-order valence-electron chi connectivity index (χ0n) is 8.71. The van der Waals surface area contributed by atoms with Gasteiger partial charge in [0.2, 0.25) is 0 Å². The van der Waals surface area contributed by atoms with Crippen LogP contribution in [0.5, 0.6) is 11.5 Å². The van der Waals surface area contributed by atoms with Crippen molar-refractivity contribution in [2.45, 2.75) is 0 Å². The van der Waals surface area contributed by atoms with E-state index in [9.17, 15) is 15.2 Å². The molecule has 0 unspecified atom stereocenters. The summed E-state index contributed by atoms with van der Waals surface area (Å²) < 4.78 is 5.14. The Hall–Kier alpha value is -1.72. The van der Waals surface area contributed by atoms with Crippen molar-refractivity contribution in [3.8, 4) is 11.5 Å². The highest BCUT2D eigenvalue weighted by molar-refractivity contribution is 6.60. The normalized spacial score (nSPS) is 10.4. The summed E-state index contributed by atoms with van der Waals surface area (Å²) in [5, 5.41) is 29.4. The number of phenols is 1. The maximum atomic E-state index is 9.74. The van der Waals surface area contributed by atoms with E-state index in [0.29, 0.717) is 16.5 Å². The second-order valence-corrected chi connectivity index (χ2v) is 3.44. The van der Waals surface area contributed by atoms with Crippen LogP contribution in [0, 0.1) is 0 Å². The third-order valence-electron chi connectivity index (χ3n) is 2.48. The molecule has 0 amide bonds. The lowest BCUT2D eigenvalue weighted by Crippen LogP contribution is -2.31. The molecule has 0 saturated carbocycles. The van der Waals surface area contributed by atoms with Gasteiger partial charge in [0.05, 0.1) is 7.11 Å². The number of ether oxygens (including phenoxy) is 1. The molecule has 3 N–H and O–H groups in total. The maximum absolute atomic E-state index is 9.74. The molecule has 0 saturated heterocycles. The Morgan fingerprint density at radius 3 is 2.31 bits per heavy atom. The Balaban J connectivity index is 2.85. The first-order valence-corrected chi connectivity index (χ1v) is 4.80. The van der Waals surface area contributed by atoms with Crippen LogP contribution in [-0.4, -0.2) is 29.4 Å². The molecule has 0 radical (unpaired) electrons. The second kappa shape index (κ2) is 4.04. The summed E-state index contributed by atoms with van der Waals surface area (Å²) in [7, 11) is -0.226. The van der Waals surface area contributed by atoms with Gasteiger partial charge in [0.1, 0.15) is 11.5 Å². The number of hydrogen-bond acceptors (Lipinski definition) is 4. The van der Waals surface area contributed by atoms with Gasteiger partial charge in [0, 0.05) is 16.2 Å². The third kappa shape index (κ3) is 1.60. The molecule has 2 aromatic rings. The molecule has 0 aliphatic carbocycles. The van der Waals surface area contributed by atoms with Crippen LogP contribution in [0.4, 0.5) is 0 Å². The Bertz CT molecular complexity index is 525. The molecule has 4 nitrogen and oxygen atoms in total. The molecular formula is C11H11BO4. The van der Waals surface area contributed by atoms with Gasteiger partial charge >= 0.3 is 7.12 Å². The Kier molecular flexibility index (Phi) is 2.72. The Labute approximate surface area is 92.9 Å². The van der Waals surface area contributed by atoms with Gasteiger partial charge in [-0.1, -0.05) is 24.3 Å². The summed E-state index contributed by atoms with van der Waals surface area (Å²) in [6, 6.07) is 8.36. The molecule has 16 heavy (non-hydrogen) atoms. The average molecular weight is 218 g/mol. The van der Waals surface area contributed by atoms with Gasteiger partial charge in [-0.25, -0.2) is 0 Å². The first kappa shape index (κ1) is 10.8. The fraction of sp³-hybridized carbons (Fsp3) is 0.0909. The fourth-order valence-corrected chi connectivity index (χ4v) is 1.77. The number of fused-ring (bicyclic) bond motifs is 1. The lowest BCUT2D eigenvalue weighted by molar-refractivity contribution is 0.405. The molecule has 0 bridgehead atoms. The van der Waals surface area contributed by atoms with Crippen LogP contribution >= 0.6 is 0 Å². The minimum atomic E-state index is -1.68. The highest BCUT2D eigenvalue weighted by Crippen LogP contribution is 2.30. The van der Waals surface area contributed by atoms with Crippen LogP contribution in [-0.2, 0) is 0 Å².